The van der Waals surface area contributed by atoms with Crippen molar-refractivity contribution in [2.24, 2.45) is 5.41 Å². The molecule has 0 amide bonds. The molecular weight excluding hydrogens is 311 g/mol. The number of alkyl halides is 3. The van der Waals surface area contributed by atoms with Crippen LogP contribution in [0, 0.1) is 5.41 Å². The molecule has 1 heterocycles. The molecule has 0 aromatic heterocycles. The van der Waals surface area contributed by atoms with E-state index in [4.69, 9.17) is 4.74 Å². The van der Waals surface area contributed by atoms with E-state index in [9.17, 15) is 23.1 Å². The second-order valence-electron chi connectivity index (χ2n) is 6.60. The molecular formula is C16H18F3NO3. The fraction of sp³-hybridized carbons (Fsp3) is 0.438. The zero-order chi connectivity index (χ0) is 17.5. The van der Waals surface area contributed by atoms with Crippen LogP contribution >= 0.6 is 0 Å². The lowest BCUT2D eigenvalue weighted by atomic mass is 9.92. The minimum Gasteiger partial charge on any atom is -0.478 e. The molecule has 0 spiro atoms. The summed E-state index contributed by atoms with van der Waals surface area (Å²) in [6, 6.07) is 6.01. The normalized spacial score (nSPS) is 21.2. The Bertz CT molecular complexity index is 647. The molecule has 0 saturated carbocycles. The van der Waals surface area contributed by atoms with E-state index in [1.807, 2.05) is 0 Å². The third-order valence-electron chi connectivity index (χ3n) is 3.36. The maximum Gasteiger partial charge on any atom is 0.447 e. The lowest BCUT2D eigenvalue weighted by Crippen LogP contribution is -2.65. The van der Waals surface area contributed by atoms with E-state index in [1.165, 1.54) is 18.2 Å². The van der Waals surface area contributed by atoms with Crippen molar-refractivity contribution in [3.05, 3.63) is 35.4 Å². The first kappa shape index (κ1) is 17.3. The van der Waals surface area contributed by atoms with Crippen molar-refractivity contribution in [3.63, 3.8) is 0 Å². The van der Waals surface area contributed by atoms with Crippen molar-refractivity contribution >= 4 is 12.0 Å². The van der Waals surface area contributed by atoms with Gasteiger partial charge in [0.1, 0.15) is 11.3 Å². The fourth-order valence-corrected chi connectivity index (χ4v) is 2.21. The van der Waals surface area contributed by atoms with Crippen molar-refractivity contribution in [3.8, 4) is 5.75 Å². The van der Waals surface area contributed by atoms with Gasteiger partial charge in [0, 0.05) is 12.1 Å². The van der Waals surface area contributed by atoms with Gasteiger partial charge >= 0.3 is 12.1 Å². The van der Waals surface area contributed by atoms with Gasteiger partial charge in [-0.1, -0.05) is 39.0 Å². The number of aliphatic carboxylic acids is 1. The average Bonchev–Trinajstić information content (AvgIpc) is 2.41. The number of carbonyl (C=O) groups is 1. The number of benzene rings is 1. The molecule has 2 N–H and O–H groups in total. The summed E-state index contributed by atoms with van der Waals surface area (Å²) in [5.41, 5.74) is -4.17. The number of halogens is 3. The molecule has 0 fully saturated rings. The van der Waals surface area contributed by atoms with E-state index in [1.54, 1.807) is 26.8 Å². The van der Waals surface area contributed by atoms with Gasteiger partial charge in [-0.05, 0) is 17.6 Å². The van der Waals surface area contributed by atoms with Gasteiger partial charge in [-0.25, -0.2) is 4.79 Å². The molecule has 1 aliphatic rings. The summed E-state index contributed by atoms with van der Waals surface area (Å²) in [7, 11) is 0. The molecule has 1 aromatic rings. The number of carboxylic acid groups (broad SMARTS) is 1. The summed E-state index contributed by atoms with van der Waals surface area (Å²) in [4.78, 5) is 11.5. The Labute approximate surface area is 132 Å². The van der Waals surface area contributed by atoms with Crippen molar-refractivity contribution in [1.82, 2.24) is 5.32 Å². The standard InChI is InChI=1S/C16H18F3NO3/c1-14(2,3)9-20-15(16(17,18)19)11(13(21)22)8-10-6-4-5-7-12(10)23-15/h4-8,20H,9H2,1-3H3,(H,21,22). The van der Waals surface area contributed by atoms with Crippen LogP contribution in [0.15, 0.2) is 29.8 Å². The highest BCUT2D eigenvalue weighted by Crippen LogP contribution is 2.44. The summed E-state index contributed by atoms with van der Waals surface area (Å²) in [5.74, 6) is -1.70. The number of rotatable bonds is 3. The minimum absolute atomic E-state index is 0.0174. The van der Waals surface area contributed by atoms with E-state index in [0.29, 0.717) is 5.56 Å². The lowest BCUT2D eigenvalue weighted by Gasteiger charge is -2.41. The summed E-state index contributed by atoms with van der Waals surface area (Å²) in [6.07, 6.45) is -3.94. The van der Waals surface area contributed by atoms with Gasteiger partial charge in [-0.3, -0.25) is 5.32 Å². The summed E-state index contributed by atoms with van der Waals surface area (Å²) >= 11 is 0. The molecule has 1 aromatic carbocycles. The third kappa shape index (κ3) is 3.34. The Morgan fingerprint density at radius 3 is 2.39 bits per heavy atom. The Kier molecular flexibility index (Phi) is 4.19. The van der Waals surface area contributed by atoms with E-state index < -0.39 is 28.9 Å². The van der Waals surface area contributed by atoms with E-state index >= 15 is 0 Å². The van der Waals surface area contributed by atoms with E-state index in [-0.39, 0.29) is 12.3 Å². The highest BCUT2D eigenvalue weighted by molar-refractivity contribution is 5.96. The van der Waals surface area contributed by atoms with Gasteiger partial charge < -0.3 is 9.84 Å². The third-order valence-corrected chi connectivity index (χ3v) is 3.36. The molecule has 1 aliphatic heterocycles. The monoisotopic (exact) mass is 329 g/mol. The molecule has 2 rings (SSSR count). The number of fused-ring (bicyclic) bond motifs is 1. The molecule has 0 aliphatic carbocycles. The maximum atomic E-state index is 13.8. The zero-order valence-electron chi connectivity index (χ0n) is 13.0. The summed E-state index contributed by atoms with van der Waals surface area (Å²) < 4.78 is 46.5. The van der Waals surface area contributed by atoms with Gasteiger partial charge in [0.25, 0.3) is 5.72 Å². The first-order valence-corrected chi connectivity index (χ1v) is 7.01. The van der Waals surface area contributed by atoms with Crippen LogP contribution in [0.1, 0.15) is 26.3 Å². The largest absolute Gasteiger partial charge is 0.478 e. The Morgan fingerprint density at radius 2 is 1.87 bits per heavy atom. The van der Waals surface area contributed by atoms with Gasteiger partial charge in [0.05, 0.1) is 0 Å². The van der Waals surface area contributed by atoms with Crippen molar-refractivity contribution < 1.29 is 27.8 Å². The SMILES string of the molecule is CC(C)(C)CNC1(C(F)(F)F)Oc2ccccc2C=C1C(=O)O. The number of nitrogens with one attached hydrogen (secondary N) is 1. The van der Waals surface area contributed by atoms with Gasteiger partial charge in [-0.15, -0.1) is 0 Å². The Hall–Kier alpha value is -2.02. The molecule has 1 unspecified atom stereocenters. The smallest absolute Gasteiger partial charge is 0.447 e. The van der Waals surface area contributed by atoms with E-state index in [2.05, 4.69) is 5.32 Å². The summed E-state index contributed by atoms with van der Waals surface area (Å²) in [5, 5.41) is 11.6. The molecule has 0 radical (unpaired) electrons. The van der Waals surface area contributed by atoms with Crippen LogP contribution in [0.4, 0.5) is 13.2 Å². The highest BCUT2D eigenvalue weighted by atomic mass is 19.4. The number of carboxylic acids is 1. The first-order valence-electron chi connectivity index (χ1n) is 7.01. The van der Waals surface area contributed by atoms with Gasteiger partial charge in [0.2, 0.25) is 0 Å². The topological polar surface area (TPSA) is 58.6 Å². The number of ether oxygens (including phenoxy) is 1. The van der Waals surface area contributed by atoms with Crippen molar-refractivity contribution in [2.75, 3.05) is 6.54 Å². The predicted octanol–water partition coefficient (Wildman–Crippen LogP) is 3.44. The molecule has 0 bridgehead atoms. The van der Waals surface area contributed by atoms with Crippen LogP contribution < -0.4 is 10.1 Å². The van der Waals surface area contributed by atoms with Crippen LogP contribution in [0.2, 0.25) is 0 Å². The number of para-hydroxylation sites is 1. The number of hydrogen-bond acceptors (Lipinski definition) is 3. The number of hydrogen-bond donors (Lipinski definition) is 2. The fourth-order valence-electron chi connectivity index (χ4n) is 2.21. The van der Waals surface area contributed by atoms with E-state index in [0.717, 1.165) is 6.08 Å². The molecule has 0 saturated heterocycles. The average molecular weight is 329 g/mol. The quantitative estimate of drug-likeness (QED) is 0.892. The van der Waals surface area contributed by atoms with Crippen LogP contribution in [-0.2, 0) is 4.79 Å². The van der Waals surface area contributed by atoms with Gasteiger partial charge in [0.15, 0.2) is 0 Å². The van der Waals surface area contributed by atoms with Crippen LogP contribution in [0.25, 0.3) is 6.08 Å². The molecule has 23 heavy (non-hydrogen) atoms. The zero-order valence-corrected chi connectivity index (χ0v) is 13.0. The van der Waals surface area contributed by atoms with Crippen LogP contribution in [0.5, 0.6) is 5.75 Å². The van der Waals surface area contributed by atoms with Crippen LogP contribution in [0.3, 0.4) is 0 Å². The molecule has 7 heteroatoms. The highest BCUT2D eigenvalue weighted by Gasteiger charge is 2.63. The van der Waals surface area contributed by atoms with Crippen LogP contribution in [-0.4, -0.2) is 29.5 Å². The molecule has 4 nitrogen and oxygen atoms in total. The summed E-state index contributed by atoms with van der Waals surface area (Å²) in [6.45, 7) is 5.14. The lowest BCUT2D eigenvalue weighted by molar-refractivity contribution is -0.247. The molecule has 1 atom stereocenters. The first-order chi connectivity index (χ1) is 10.5. The van der Waals surface area contributed by atoms with Crippen molar-refractivity contribution in [1.29, 1.82) is 0 Å². The predicted molar refractivity (Wildman–Crippen MR) is 78.9 cm³/mol. The maximum absolute atomic E-state index is 13.8. The second kappa shape index (κ2) is 5.56. The second-order valence-corrected chi connectivity index (χ2v) is 6.60. The molecule has 126 valence electrons. The minimum atomic E-state index is -4.95. The Morgan fingerprint density at radius 1 is 1.26 bits per heavy atom. The van der Waals surface area contributed by atoms with Crippen molar-refractivity contribution in [2.45, 2.75) is 32.7 Å². The van der Waals surface area contributed by atoms with Gasteiger partial charge in [-0.2, -0.15) is 13.2 Å². The Balaban J connectivity index is 2.58.